The lowest BCUT2D eigenvalue weighted by Gasteiger charge is -2.03. The van der Waals surface area contributed by atoms with Gasteiger partial charge in [0.25, 0.3) is 0 Å². The van der Waals surface area contributed by atoms with Gasteiger partial charge in [-0.25, -0.2) is 14.4 Å². The molecule has 1 heterocycles. The number of hydrogen-bond donors (Lipinski definition) is 0. The van der Waals surface area contributed by atoms with E-state index < -0.39 is 22.2 Å². The summed E-state index contributed by atoms with van der Waals surface area (Å²) < 4.78 is 26.7. The molecule has 1 aromatic carbocycles. The number of nitrogens with zero attached hydrogens (tertiary/aromatic N) is 3. The third-order valence-corrected chi connectivity index (χ3v) is 2.32. The van der Waals surface area contributed by atoms with Crippen molar-refractivity contribution >= 4 is 17.3 Å². The maximum atomic E-state index is 13.5. The van der Waals surface area contributed by atoms with Crippen molar-refractivity contribution in [3.63, 3.8) is 0 Å². The highest BCUT2D eigenvalue weighted by molar-refractivity contribution is 6.28. The monoisotopic (exact) mass is 271 g/mol. The molecular weight excluding hydrogens is 268 g/mol. The molecule has 0 atom stereocenters. The Balaban J connectivity index is 2.64. The van der Waals surface area contributed by atoms with Gasteiger partial charge in [-0.2, -0.15) is 4.39 Å². The summed E-state index contributed by atoms with van der Waals surface area (Å²) >= 11 is 5.53. The van der Waals surface area contributed by atoms with Gasteiger partial charge in [0, 0.05) is 23.9 Å². The molecular formula is C10H4ClF2N3O2. The van der Waals surface area contributed by atoms with Crippen molar-refractivity contribution in [1.82, 2.24) is 9.97 Å². The fraction of sp³-hybridized carbons (Fsp3) is 0. The Hall–Kier alpha value is -2.15. The molecule has 8 heteroatoms. The molecule has 0 radical (unpaired) electrons. The second-order valence-corrected chi connectivity index (χ2v) is 3.59. The van der Waals surface area contributed by atoms with Crippen LogP contribution in [0.2, 0.25) is 5.28 Å². The molecule has 0 aliphatic carbocycles. The molecule has 0 saturated heterocycles. The summed E-state index contributed by atoms with van der Waals surface area (Å²) in [5.41, 5.74) is -1.01. The fourth-order valence-electron chi connectivity index (χ4n) is 1.36. The van der Waals surface area contributed by atoms with Gasteiger partial charge >= 0.3 is 5.69 Å². The largest absolute Gasteiger partial charge is 0.305 e. The van der Waals surface area contributed by atoms with E-state index in [2.05, 4.69) is 9.97 Å². The molecule has 0 aliphatic rings. The van der Waals surface area contributed by atoms with Gasteiger partial charge in [0.1, 0.15) is 5.82 Å². The van der Waals surface area contributed by atoms with Crippen molar-refractivity contribution < 1.29 is 13.7 Å². The summed E-state index contributed by atoms with van der Waals surface area (Å²) in [5, 5.41) is 10.4. The molecule has 2 aromatic rings. The summed E-state index contributed by atoms with van der Waals surface area (Å²) in [6.45, 7) is 0. The number of benzene rings is 1. The summed E-state index contributed by atoms with van der Waals surface area (Å²) in [4.78, 5) is 16.9. The Labute approximate surface area is 104 Å². The van der Waals surface area contributed by atoms with Crippen LogP contribution in [0.5, 0.6) is 0 Å². The van der Waals surface area contributed by atoms with E-state index in [4.69, 9.17) is 11.6 Å². The third-order valence-electron chi connectivity index (χ3n) is 2.14. The minimum atomic E-state index is -1.25. The lowest BCUT2D eigenvalue weighted by molar-refractivity contribution is -0.387. The topological polar surface area (TPSA) is 68.9 Å². The average molecular weight is 272 g/mol. The molecule has 0 aliphatic heterocycles. The zero-order valence-electron chi connectivity index (χ0n) is 8.60. The first kappa shape index (κ1) is 12.3. The van der Waals surface area contributed by atoms with Gasteiger partial charge in [-0.15, -0.1) is 0 Å². The van der Waals surface area contributed by atoms with Crippen molar-refractivity contribution in [1.29, 1.82) is 0 Å². The van der Waals surface area contributed by atoms with Crippen LogP contribution in [0.4, 0.5) is 14.5 Å². The predicted molar refractivity (Wildman–Crippen MR) is 59.0 cm³/mol. The van der Waals surface area contributed by atoms with Crippen molar-refractivity contribution in [2.75, 3.05) is 0 Å². The highest BCUT2D eigenvalue weighted by atomic mass is 35.5. The first-order valence-corrected chi connectivity index (χ1v) is 4.99. The molecule has 0 amide bonds. The van der Waals surface area contributed by atoms with Gasteiger partial charge < -0.3 is 0 Å². The summed E-state index contributed by atoms with van der Waals surface area (Å²) in [5.74, 6) is -2.21. The smallest absolute Gasteiger partial charge is 0.258 e. The highest BCUT2D eigenvalue weighted by Crippen LogP contribution is 2.28. The maximum absolute atomic E-state index is 13.5. The Morgan fingerprint density at radius 3 is 2.61 bits per heavy atom. The third kappa shape index (κ3) is 2.25. The molecule has 0 saturated carbocycles. The first-order valence-electron chi connectivity index (χ1n) is 4.61. The Morgan fingerprint density at radius 2 is 2.00 bits per heavy atom. The molecule has 18 heavy (non-hydrogen) atoms. The van der Waals surface area contributed by atoms with Crippen LogP contribution in [0.25, 0.3) is 11.3 Å². The van der Waals surface area contributed by atoms with E-state index in [1.165, 1.54) is 12.3 Å². The van der Waals surface area contributed by atoms with Crippen LogP contribution >= 0.6 is 11.6 Å². The second-order valence-electron chi connectivity index (χ2n) is 3.25. The van der Waals surface area contributed by atoms with Crippen LogP contribution in [0.15, 0.2) is 24.4 Å². The zero-order valence-corrected chi connectivity index (χ0v) is 9.36. The van der Waals surface area contributed by atoms with Crippen LogP contribution in [0.3, 0.4) is 0 Å². The molecule has 0 fully saturated rings. The molecule has 0 unspecified atom stereocenters. The van der Waals surface area contributed by atoms with Crippen molar-refractivity contribution in [3.8, 4) is 11.3 Å². The number of hydrogen-bond acceptors (Lipinski definition) is 4. The molecule has 1 aromatic heterocycles. The molecule has 5 nitrogen and oxygen atoms in total. The van der Waals surface area contributed by atoms with E-state index in [9.17, 15) is 18.9 Å². The molecule has 0 spiro atoms. The maximum Gasteiger partial charge on any atom is 0.305 e. The second kappa shape index (κ2) is 4.61. The average Bonchev–Trinajstić information content (AvgIpc) is 2.28. The summed E-state index contributed by atoms with van der Waals surface area (Å²) in [6, 6.07) is 2.51. The summed E-state index contributed by atoms with van der Waals surface area (Å²) in [6.07, 6.45) is 1.26. The highest BCUT2D eigenvalue weighted by Gasteiger charge is 2.20. The SMILES string of the molecule is O=[N+]([O-])c1cc(-c2ccnc(Cl)n2)c(F)cc1F. The fourth-order valence-corrected chi connectivity index (χ4v) is 1.51. The number of nitro benzene ring substituents is 1. The Kier molecular flexibility index (Phi) is 3.15. The molecule has 2 rings (SSSR count). The first-order chi connectivity index (χ1) is 8.49. The number of nitro groups is 1. The van der Waals surface area contributed by atoms with Gasteiger partial charge in [-0.3, -0.25) is 10.1 Å². The Morgan fingerprint density at radius 1 is 1.28 bits per heavy atom. The quantitative estimate of drug-likeness (QED) is 0.478. The van der Waals surface area contributed by atoms with Crippen LogP contribution in [0.1, 0.15) is 0 Å². The standard InChI is InChI=1S/C10H4ClF2N3O2/c11-10-14-2-1-8(15-10)5-3-9(16(17)18)7(13)4-6(5)12/h1-4H. The van der Waals surface area contributed by atoms with E-state index in [0.29, 0.717) is 6.07 Å². The predicted octanol–water partition coefficient (Wildman–Crippen LogP) is 2.98. The van der Waals surface area contributed by atoms with E-state index in [1.54, 1.807) is 0 Å². The molecule has 0 bridgehead atoms. The number of halogens is 3. The van der Waals surface area contributed by atoms with Crippen molar-refractivity contribution in [2.45, 2.75) is 0 Å². The van der Waals surface area contributed by atoms with E-state index in [0.717, 1.165) is 6.07 Å². The number of rotatable bonds is 2. The van der Waals surface area contributed by atoms with Gasteiger partial charge in [0.2, 0.25) is 11.1 Å². The van der Waals surface area contributed by atoms with Crippen molar-refractivity contribution in [3.05, 3.63) is 51.4 Å². The lowest BCUT2D eigenvalue weighted by Crippen LogP contribution is -1.97. The normalized spacial score (nSPS) is 10.4. The van der Waals surface area contributed by atoms with Crippen LogP contribution in [-0.2, 0) is 0 Å². The summed E-state index contributed by atoms with van der Waals surface area (Å²) in [7, 11) is 0. The van der Waals surface area contributed by atoms with Gasteiger partial charge in [-0.05, 0) is 17.7 Å². The lowest BCUT2D eigenvalue weighted by atomic mass is 10.1. The van der Waals surface area contributed by atoms with E-state index in [1.807, 2.05) is 0 Å². The van der Waals surface area contributed by atoms with Gasteiger partial charge in [0.05, 0.1) is 10.6 Å². The van der Waals surface area contributed by atoms with E-state index >= 15 is 0 Å². The van der Waals surface area contributed by atoms with Gasteiger partial charge in [-0.1, -0.05) is 0 Å². The van der Waals surface area contributed by atoms with Crippen LogP contribution in [-0.4, -0.2) is 14.9 Å². The minimum Gasteiger partial charge on any atom is -0.258 e. The van der Waals surface area contributed by atoms with Gasteiger partial charge in [0.15, 0.2) is 0 Å². The van der Waals surface area contributed by atoms with E-state index in [-0.39, 0.29) is 16.5 Å². The van der Waals surface area contributed by atoms with Crippen LogP contribution < -0.4 is 0 Å². The molecule has 0 N–H and O–H groups in total. The molecule has 92 valence electrons. The van der Waals surface area contributed by atoms with Crippen LogP contribution in [0, 0.1) is 21.7 Å². The Bertz CT molecular complexity index is 637. The zero-order chi connectivity index (χ0) is 13.3. The number of aromatic nitrogens is 2. The van der Waals surface area contributed by atoms with Crippen molar-refractivity contribution in [2.24, 2.45) is 0 Å². The minimum absolute atomic E-state index is 0.0376.